The van der Waals surface area contributed by atoms with Gasteiger partial charge in [-0.1, -0.05) is 11.6 Å². The number of anilines is 1. The molecule has 2 aromatic carbocycles. The van der Waals surface area contributed by atoms with Gasteiger partial charge in [0.05, 0.1) is 20.7 Å². The number of nitrogens with two attached hydrogens (primary N) is 1. The standard InChI is InChI=1S/C13H7BrClF2NO/c14-7-2-3-9(16)11(12(7)17)13(19)6-1-4-10(18)8(15)5-6/h1-5H,18H2. The maximum atomic E-state index is 13.8. The average Bonchev–Trinajstić information content (AvgIpc) is 2.37. The number of hydrogen-bond donors (Lipinski definition) is 1. The Hall–Kier alpha value is -1.46. The minimum absolute atomic E-state index is 0.0128. The van der Waals surface area contributed by atoms with Gasteiger partial charge in [0.25, 0.3) is 0 Å². The molecule has 0 saturated carbocycles. The molecule has 0 saturated heterocycles. The second kappa shape index (κ2) is 5.27. The minimum Gasteiger partial charge on any atom is -0.398 e. The van der Waals surface area contributed by atoms with Crippen LogP contribution >= 0.6 is 27.5 Å². The molecule has 2 N–H and O–H groups in total. The molecule has 0 heterocycles. The molecule has 0 unspecified atom stereocenters. The van der Waals surface area contributed by atoms with Gasteiger partial charge in [0, 0.05) is 5.56 Å². The van der Waals surface area contributed by atoms with Crippen molar-refractivity contribution in [2.45, 2.75) is 0 Å². The Morgan fingerprint density at radius 3 is 2.53 bits per heavy atom. The molecule has 0 spiro atoms. The monoisotopic (exact) mass is 345 g/mol. The van der Waals surface area contributed by atoms with E-state index in [2.05, 4.69) is 15.9 Å². The summed E-state index contributed by atoms with van der Waals surface area (Å²) in [7, 11) is 0. The summed E-state index contributed by atoms with van der Waals surface area (Å²) < 4.78 is 27.4. The van der Waals surface area contributed by atoms with E-state index < -0.39 is 23.0 Å². The minimum atomic E-state index is -0.946. The van der Waals surface area contributed by atoms with E-state index in [1.54, 1.807) is 0 Å². The van der Waals surface area contributed by atoms with Gasteiger partial charge >= 0.3 is 0 Å². The molecule has 0 aliphatic carbocycles. The van der Waals surface area contributed by atoms with Crippen molar-refractivity contribution in [1.29, 1.82) is 0 Å². The van der Waals surface area contributed by atoms with Crippen LogP contribution in [0.15, 0.2) is 34.8 Å². The van der Waals surface area contributed by atoms with Gasteiger partial charge in [-0.3, -0.25) is 4.79 Å². The fourth-order valence-corrected chi connectivity index (χ4v) is 2.06. The van der Waals surface area contributed by atoms with Crippen molar-refractivity contribution in [3.8, 4) is 0 Å². The molecule has 0 bridgehead atoms. The normalized spacial score (nSPS) is 10.5. The number of carbonyl (C=O) groups is 1. The third-order valence-electron chi connectivity index (χ3n) is 2.53. The zero-order valence-corrected chi connectivity index (χ0v) is 11.7. The summed E-state index contributed by atoms with van der Waals surface area (Å²) in [4.78, 5) is 12.1. The first-order valence-corrected chi connectivity index (χ1v) is 6.32. The van der Waals surface area contributed by atoms with Gasteiger partial charge in [0.15, 0.2) is 11.6 Å². The van der Waals surface area contributed by atoms with Crippen LogP contribution in [0.25, 0.3) is 0 Å². The lowest BCUT2D eigenvalue weighted by Gasteiger charge is -2.07. The van der Waals surface area contributed by atoms with E-state index in [0.717, 1.165) is 6.07 Å². The summed E-state index contributed by atoms with van der Waals surface area (Å²) in [6, 6.07) is 6.25. The number of carbonyl (C=O) groups excluding carboxylic acids is 1. The first kappa shape index (κ1) is 14.0. The number of rotatable bonds is 2. The van der Waals surface area contributed by atoms with Crippen LogP contribution in [-0.2, 0) is 0 Å². The predicted octanol–water partition coefficient (Wildman–Crippen LogP) is 4.19. The molecule has 0 amide bonds. The predicted molar refractivity (Wildman–Crippen MR) is 73.4 cm³/mol. The number of ketones is 1. The summed E-state index contributed by atoms with van der Waals surface area (Å²) in [5.41, 5.74) is 5.23. The highest BCUT2D eigenvalue weighted by Gasteiger charge is 2.21. The van der Waals surface area contributed by atoms with Crippen molar-refractivity contribution < 1.29 is 13.6 Å². The van der Waals surface area contributed by atoms with E-state index in [9.17, 15) is 13.6 Å². The Kier molecular flexibility index (Phi) is 3.87. The molecule has 0 radical (unpaired) electrons. The van der Waals surface area contributed by atoms with Crippen LogP contribution in [0, 0.1) is 11.6 Å². The Morgan fingerprint density at radius 2 is 1.89 bits per heavy atom. The van der Waals surface area contributed by atoms with E-state index >= 15 is 0 Å². The largest absolute Gasteiger partial charge is 0.398 e. The highest BCUT2D eigenvalue weighted by Crippen LogP contribution is 2.26. The van der Waals surface area contributed by atoms with E-state index in [1.807, 2.05) is 0 Å². The summed E-state index contributed by atoms with van der Waals surface area (Å²) in [5.74, 6) is -2.67. The van der Waals surface area contributed by atoms with E-state index in [4.69, 9.17) is 17.3 Å². The third kappa shape index (κ3) is 2.62. The lowest BCUT2D eigenvalue weighted by atomic mass is 10.0. The van der Waals surface area contributed by atoms with Gasteiger partial charge in [-0.15, -0.1) is 0 Å². The number of nitrogen functional groups attached to an aromatic ring is 1. The lowest BCUT2D eigenvalue weighted by Crippen LogP contribution is -2.08. The van der Waals surface area contributed by atoms with Crippen LogP contribution in [0.2, 0.25) is 5.02 Å². The van der Waals surface area contributed by atoms with Gasteiger partial charge in [-0.05, 0) is 46.3 Å². The quantitative estimate of drug-likeness (QED) is 0.503. The van der Waals surface area contributed by atoms with Crippen molar-refractivity contribution in [3.63, 3.8) is 0 Å². The highest BCUT2D eigenvalue weighted by atomic mass is 79.9. The Balaban J connectivity index is 2.56. The molecule has 19 heavy (non-hydrogen) atoms. The SMILES string of the molecule is Nc1ccc(C(=O)c2c(F)ccc(Br)c2F)cc1Cl. The maximum Gasteiger partial charge on any atom is 0.199 e. The van der Waals surface area contributed by atoms with Crippen LogP contribution in [-0.4, -0.2) is 5.78 Å². The zero-order chi connectivity index (χ0) is 14.2. The Bertz CT molecular complexity index is 676. The second-order valence-electron chi connectivity index (χ2n) is 3.78. The third-order valence-corrected chi connectivity index (χ3v) is 3.47. The van der Waals surface area contributed by atoms with Crippen LogP contribution in [0.4, 0.5) is 14.5 Å². The maximum absolute atomic E-state index is 13.8. The van der Waals surface area contributed by atoms with Crippen LogP contribution in [0.1, 0.15) is 15.9 Å². The summed E-state index contributed by atoms with van der Waals surface area (Å²) in [5, 5.41) is 0.154. The van der Waals surface area contributed by atoms with E-state index in [1.165, 1.54) is 24.3 Å². The summed E-state index contributed by atoms with van der Waals surface area (Å²) >= 11 is 8.69. The highest BCUT2D eigenvalue weighted by molar-refractivity contribution is 9.10. The first-order chi connectivity index (χ1) is 8.91. The fraction of sp³-hybridized carbons (Fsp3) is 0. The Morgan fingerprint density at radius 1 is 1.21 bits per heavy atom. The van der Waals surface area contributed by atoms with Gasteiger partial charge in [-0.2, -0.15) is 0 Å². The van der Waals surface area contributed by atoms with Crippen molar-refractivity contribution in [2.75, 3.05) is 5.73 Å². The molecule has 2 rings (SSSR count). The molecule has 0 fully saturated rings. The zero-order valence-electron chi connectivity index (χ0n) is 9.38. The molecule has 0 aliphatic heterocycles. The molecule has 0 atom stereocenters. The first-order valence-electron chi connectivity index (χ1n) is 5.15. The molecule has 0 aliphatic rings. The van der Waals surface area contributed by atoms with Gasteiger partial charge < -0.3 is 5.73 Å². The van der Waals surface area contributed by atoms with Crippen LogP contribution in [0.3, 0.4) is 0 Å². The average molecular weight is 347 g/mol. The van der Waals surface area contributed by atoms with E-state index in [-0.39, 0.29) is 20.7 Å². The van der Waals surface area contributed by atoms with Gasteiger partial charge in [0.2, 0.25) is 0 Å². The number of hydrogen-bond acceptors (Lipinski definition) is 2. The van der Waals surface area contributed by atoms with E-state index in [0.29, 0.717) is 0 Å². The van der Waals surface area contributed by atoms with Gasteiger partial charge in [-0.25, -0.2) is 8.78 Å². The molecular formula is C13H7BrClF2NO. The van der Waals surface area contributed by atoms with Crippen LogP contribution in [0.5, 0.6) is 0 Å². The number of benzene rings is 2. The number of halogens is 4. The second-order valence-corrected chi connectivity index (χ2v) is 5.05. The van der Waals surface area contributed by atoms with Crippen molar-refractivity contribution in [1.82, 2.24) is 0 Å². The topological polar surface area (TPSA) is 43.1 Å². The fourth-order valence-electron chi connectivity index (χ4n) is 1.55. The molecular weight excluding hydrogens is 340 g/mol. The smallest absolute Gasteiger partial charge is 0.199 e. The van der Waals surface area contributed by atoms with Crippen LogP contribution < -0.4 is 5.73 Å². The summed E-state index contributed by atoms with van der Waals surface area (Å²) in [6.07, 6.45) is 0. The molecule has 2 aromatic rings. The van der Waals surface area contributed by atoms with Crippen molar-refractivity contribution >= 4 is 39.0 Å². The molecule has 6 heteroatoms. The lowest BCUT2D eigenvalue weighted by molar-refractivity contribution is 0.103. The molecule has 0 aromatic heterocycles. The molecule has 2 nitrogen and oxygen atoms in total. The van der Waals surface area contributed by atoms with Gasteiger partial charge in [0.1, 0.15) is 5.82 Å². The van der Waals surface area contributed by atoms with Crippen molar-refractivity contribution in [2.24, 2.45) is 0 Å². The summed E-state index contributed by atoms with van der Waals surface area (Å²) in [6.45, 7) is 0. The molecule has 98 valence electrons. The Labute approximate surface area is 121 Å². The van der Waals surface area contributed by atoms with Crippen molar-refractivity contribution in [3.05, 3.63) is 62.6 Å².